The van der Waals surface area contributed by atoms with E-state index < -0.39 is 5.41 Å². The highest BCUT2D eigenvalue weighted by molar-refractivity contribution is 7.99. The van der Waals surface area contributed by atoms with E-state index in [1.165, 1.54) is 17.7 Å². The predicted molar refractivity (Wildman–Crippen MR) is 156 cm³/mol. The second kappa shape index (κ2) is 10.8. The lowest BCUT2D eigenvalue weighted by Crippen LogP contribution is -2.23. The standard InChI is InChI=1S/C31H29N7S/c1-5-6-15-39-24-11-7-21(8-12-24)22-9-13-26-25(16-22)29-27(18-34-26)37(4)30(36-20-33)38(29)23-10-14-28(35-17-23)31(2,3)19-32/h7-14,16-18H,5-6,15H2,1-4H3. The first-order valence-electron chi connectivity index (χ1n) is 12.9. The van der Waals surface area contributed by atoms with Gasteiger partial charge in [0, 0.05) is 17.3 Å². The zero-order valence-corrected chi connectivity index (χ0v) is 23.3. The third-order valence-corrected chi connectivity index (χ3v) is 8.03. The Morgan fingerprint density at radius 1 is 0.974 bits per heavy atom. The normalized spacial score (nSPS) is 12.1. The van der Waals surface area contributed by atoms with E-state index >= 15 is 0 Å². The van der Waals surface area contributed by atoms with E-state index in [1.54, 1.807) is 6.20 Å². The van der Waals surface area contributed by atoms with Gasteiger partial charge >= 0.3 is 0 Å². The van der Waals surface area contributed by atoms with E-state index in [4.69, 9.17) is 4.98 Å². The van der Waals surface area contributed by atoms with Crippen molar-refractivity contribution in [3.05, 3.63) is 78.3 Å². The van der Waals surface area contributed by atoms with Crippen molar-refractivity contribution in [2.75, 3.05) is 5.75 Å². The van der Waals surface area contributed by atoms with Crippen LogP contribution >= 0.6 is 11.8 Å². The third-order valence-electron chi connectivity index (χ3n) is 6.94. The Hall–Kier alpha value is -4.40. The van der Waals surface area contributed by atoms with Crippen molar-refractivity contribution < 1.29 is 0 Å². The molecule has 0 aliphatic heterocycles. The summed E-state index contributed by atoms with van der Waals surface area (Å²) in [5.41, 5.74) is 5.97. The molecule has 0 unspecified atom stereocenters. The van der Waals surface area contributed by atoms with Crippen molar-refractivity contribution in [3.63, 3.8) is 0 Å². The molecule has 8 heteroatoms. The number of imidazole rings is 1. The fourth-order valence-corrected chi connectivity index (χ4v) is 5.62. The van der Waals surface area contributed by atoms with E-state index in [2.05, 4.69) is 59.4 Å². The number of hydrogen-bond donors (Lipinski definition) is 0. The number of rotatable bonds is 7. The Balaban J connectivity index is 1.69. The van der Waals surface area contributed by atoms with Crippen LogP contribution in [0.5, 0.6) is 0 Å². The molecule has 3 heterocycles. The molecular weight excluding hydrogens is 502 g/mol. The van der Waals surface area contributed by atoms with Gasteiger partial charge in [-0.1, -0.05) is 31.5 Å². The lowest BCUT2D eigenvalue weighted by Gasteiger charge is -2.15. The van der Waals surface area contributed by atoms with Gasteiger partial charge in [0.2, 0.25) is 11.8 Å². The Kier molecular flexibility index (Phi) is 7.24. The van der Waals surface area contributed by atoms with Gasteiger partial charge in [0.15, 0.2) is 0 Å². The van der Waals surface area contributed by atoms with Gasteiger partial charge in [-0.15, -0.1) is 16.8 Å². The summed E-state index contributed by atoms with van der Waals surface area (Å²) in [4.78, 5) is 14.7. The van der Waals surface area contributed by atoms with E-state index in [0.29, 0.717) is 11.3 Å². The number of aryl methyl sites for hydroxylation is 1. The van der Waals surface area contributed by atoms with Crippen molar-refractivity contribution in [2.24, 2.45) is 12.0 Å². The highest BCUT2D eigenvalue weighted by Gasteiger charge is 2.22. The van der Waals surface area contributed by atoms with Crippen LogP contribution in [0.3, 0.4) is 0 Å². The average molecular weight is 532 g/mol. The molecule has 5 rings (SSSR count). The first-order chi connectivity index (χ1) is 18.9. The Morgan fingerprint density at radius 3 is 2.41 bits per heavy atom. The SMILES string of the molecule is CCCCSc1ccc(-c2ccc3ncc4c(c3c2)n(-c2ccc(C(C)(C)C#N)nc2)c(=NC#N)n4C)cc1. The maximum atomic E-state index is 9.54. The van der Waals surface area contributed by atoms with Crippen molar-refractivity contribution in [3.8, 4) is 29.1 Å². The van der Waals surface area contributed by atoms with Gasteiger partial charge in [-0.3, -0.25) is 14.5 Å². The van der Waals surface area contributed by atoms with Gasteiger partial charge in [-0.2, -0.15) is 10.5 Å². The Morgan fingerprint density at radius 2 is 1.74 bits per heavy atom. The molecule has 2 aromatic carbocycles. The number of thioether (sulfide) groups is 1. The maximum absolute atomic E-state index is 9.54. The highest BCUT2D eigenvalue weighted by atomic mass is 32.2. The molecular formula is C31H29N7S. The van der Waals surface area contributed by atoms with Crippen LogP contribution in [0.4, 0.5) is 0 Å². The summed E-state index contributed by atoms with van der Waals surface area (Å²) in [6, 6.07) is 21.0. The number of hydrogen-bond acceptors (Lipinski definition) is 6. The topological polar surface area (TPSA) is 95.6 Å². The highest BCUT2D eigenvalue weighted by Crippen LogP contribution is 2.31. The minimum absolute atomic E-state index is 0.467. The molecule has 0 saturated heterocycles. The second-order valence-electron chi connectivity index (χ2n) is 10.00. The van der Waals surface area contributed by atoms with E-state index in [9.17, 15) is 10.5 Å². The number of nitrogens with zero attached hydrogens (tertiary/aromatic N) is 7. The summed E-state index contributed by atoms with van der Waals surface area (Å²) in [5, 5.41) is 20.0. The zero-order valence-electron chi connectivity index (χ0n) is 22.5. The fraction of sp³-hybridized carbons (Fsp3) is 0.258. The molecule has 39 heavy (non-hydrogen) atoms. The summed E-state index contributed by atoms with van der Waals surface area (Å²) >= 11 is 1.89. The lowest BCUT2D eigenvalue weighted by atomic mass is 9.91. The quantitative estimate of drug-likeness (QED) is 0.133. The molecule has 0 atom stereocenters. The molecule has 0 fully saturated rings. The lowest BCUT2D eigenvalue weighted by molar-refractivity contribution is 0.658. The molecule has 0 bridgehead atoms. The maximum Gasteiger partial charge on any atom is 0.226 e. The Bertz CT molecular complexity index is 1810. The molecule has 0 radical (unpaired) electrons. The summed E-state index contributed by atoms with van der Waals surface area (Å²) in [7, 11) is 1.88. The zero-order chi connectivity index (χ0) is 27.6. The first-order valence-corrected chi connectivity index (χ1v) is 13.9. The molecule has 194 valence electrons. The molecule has 5 aromatic rings. The van der Waals surface area contributed by atoms with Crippen LogP contribution in [0.25, 0.3) is 38.8 Å². The minimum atomic E-state index is -0.711. The number of pyridine rings is 2. The number of unbranched alkanes of at least 4 members (excludes halogenated alkanes) is 1. The number of nitriles is 2. The number of benzene rings is 2. The smallest absolute Gasteiger partial charge is 0.226 e. The third kappa shape index (κ3) is 4.92. The molecule has 0 spiro atoms. The monoisotopic (exact) mass is 531 g/mol. The summed E-state index contributed by atoms with van der Waals surface area (Å²) in [6.45, 7) is 5.89. The van der Waals surface area contributed by atoms with Gasteiger partial charge in [-0.05, 0) is 73.5 Å². The van der Waals surface area contributed by atoms with Crippen molar-refractivity contribution >= 4 is 33.7 Å². The van der Waals surface area contributed by atoms with E-state index in [0.717, 1.165) is 44.5 Å². The van der Waals surface area contributed by atoms with Gasteiger partial charge < -0.3 is 4.57 Å². The van der Waals surface area contributed by atoms with Crippen LogP contribution in [0.1, 0.15) is 39.3 Å². The molecule has 0 amide bonds. The van der Waals surface area contributed by atoms with Crippen LogP contribution in [0.15, 0.2) is 76.9 Å². The summed E-state index contributed by atoms with van der Waals surface area (Å²) in [5.74, 6) is 1.13. The molecule has 0 saturated carbocycles. The molecule has 0 aliphatic rings. The van der Waals surface area contributed by atoms with Crippen LogP contribution in [-0.2, 0) is 12.5 Å². The summed E-state index contributed by atoms with van der Waals surface area (Å²) < 4.78 is 3.81. The number of aromatic nitrogens is 4. The minimum Gasteiger partial charge on any atom is -0.311 e. The number of fused-ring (bicyclic) bond motifs is 3. The van der Waals surface area contributed by atoms with Crippen LogP contribution in [-0.4, -0.2) is 24.9 Å². The van der Waals surface area contributed by atoms with Crippen LogP contribution in [0, 0.1) is 22.8 Å². The molecule has 3 aromatic heterocycles. The van der Waals surface area contributed by atoms with E-state index in [1.807, 2.05) is 72.4 Å². The predicted octanol–water partition coefficient (Wildman–Crippen LogP) is 6.65. The fourth-order valence-electron chi connectivity index (χ4n) is 4.62. The van der Waals surface area contributed by atoms with Crippen LogP contribution in [0.2, 0.25) is 0 Å². The van der Waals surface area contributed by atoms with Crippen molar-refractivity contribution in [1.29, 1.82) is 10.5 Å². The summed E-state index contributed by atoms with van der Waals surface area (Å²) in [6.07, 6.45) is 7.90. The molecule has 0 N–H and O–H groups in total. The van der Waals surface area contributed by atoms with Gasteiger partial charge in [0.1, 0.15) is 0 Å². The molecule has 7 nitrogen and oxygen atoms in total. The average Bonchev–Trinajstić information content (AvgIpc) is 3.25. The largest absolute Gasteiger partial charge is 0.311 e. The van der Waals surface area contributed by atoms with Crippen molar-refractivity contribution in [1.82, 2.24) is 19.1 Å². The first kappa shape index (κ1) is 26.2. The molecule has 0 aliphatic carbocycles. The van der Waals surface area contributed by atoms with Gasteiger partial charge in [0.25, 0.3) is 0 Å². The van der Waals surface area contributed by atoms with Gasteiger partial charge in [0.05, 0.1) is 51.8 Å². The van der Waals surface area contributed by atoms with Crippen molar-refractivity contribution in [2.45, 2.75) is 43.9 Å². The van der Waals surface area contributed by atoms with Crippen LogP contribution < -0.4 is 5.62 Å². The second-order valence-corrected chi connectivity index (χ2v) is 11.2. The van der Waals surface area contributed by atoms with E-state index in [-0.39, 0.29) is 0 Å². The van der Waals surface area contributed by atoms with Gasteiger partial charge in [-0.25, -0.2) is 0 Å². The Labute approximate surface area is 232 Å².